The molecule has 20 heavy (non-hydrogen) atoms. The van der Waals surface area contributed by atoms with Gasteiger partial charge in [0.2, 0.25) is 0 Å². The molecule has 1 aliphatic heterocycles. The van der Waals surface area contributed by atoms with E-state index >= 15 is 0 Å². The molecule has 0 saturated carbocycles. The zero-order chi connectivity index (χ0) is 13.9. The van der Waals surface area contributed by atoms with E-state index in [2.05, 4.69) is 9.72 Å². The first-order valence-electron chi connectivity index (χ1n) is 6.51. The third-order valence-electron chi connectivity index (χ3n) is 3.35. The number of cyclic esters (lactones) is 2. The number of para-hydroxylation sites is 1. The summed E-state index contributed by atoms with van der Waals surface area (Å²) in [5.41, 5.74) is 2.09. The number of carbonyl (C=O) groups excluding carboxylic acids is 2. The number of morpholine rings is 1. The minimum atomic E-state index is -0.475. The van der Waals surface area contributed by atoms with Crippen molar-refractivity contribution in [2.24, 2.45) is 0 Å². The number of hydrogen-bond acceptors (Lipinski definition) is 5. The van der Waals surface area contributed by atoms with Crippen LogP contribution in [-0.2, 0) is 20.7 Å². The van der Waals surface area contributed by atoms with Crippen molar-refractivity contribution < 1.29 is 14.3 Å². The van der Waals surface area contributed by atoms with Crippen LogP contribution < -0.4 is 0 Å². The number of aromatic nitrogens is 1. The first-order valence-corrected chi connectivity index (χ1v) is 6.51. The Balaban J connectivity index is 1.74. The van der Waals surface area contributed by atoms with Gasteiger partial charge in [0.15, 0.2) is 0 Å². The van der Waals surface area contributed by atoms with Crippen molar-refractivity contribution in [2.75, 3.05) is 19.6 Å². The Labute approximate surface area is 116 Å². The summed E-state index contributed by atoms with van der Waals surface area (Å²) in [6.45, 7) is 0.977. The van der Waals surface area contributed by atoms with Crippen LogP contribution >= 0.6 is 0 Å². The van der Waals surface area contributed by atoms with Crippen LogP contribution in [-0.4, -0.2) is 41.5 Å². The van der Waals surface area contributed by atoms with Gasteiger partial charge in [-0.25, -0.2) is 0 Å². The first kappa shape index (κ1) is 12.7. The Morgan fingerprint density at radius 2 is 1.85 bits per heavy atom. The minimum absolute atomic E-state index is 0.171. The van der Waals surface area contributed by atoms with Gasteiger partial charge in [0.25, 0.3) is 0 Å². The number of pyridine rings is 1. The summed E-state index contributed by atoms with van der Waals surface area (Å²) in [7, 11) is 0. The summed E-state index contributed by atoms with van der Waals surface area (Å²) in [6.07, 6.45) is 2.52. The molecule has 1 saturated heterocycles. The second-order valence-corrected chi connectivity index (χ2v) is 4.80. The highest BCUT2D eigenvalue weighted by atomic mass is 16.6. The van der Waals surface area contributed by atoms with Gasteiger partial charge in [-0.3, -0.25) is 19.5 Å². The maximum Gasteiger partial charge on any atom is 0.327 e. The van der Waals surface area contributed by atoms with E-state index in [1.807, 2.05) is 30.3 Å². The van der Waals surface area contributed by atoms with E-state index in [1.165, 1.54) is 0 Å². The smallest absolute Gasteiger partial charge is 0.327 e. The van der Waals surface area contributed by atoms with Gasteiger partial charge in [0.05, 0.1) is 18.6 Å². The van der Waals surface area contributed by atoms with Crippen LogP contribution in [0.4, 0.5) is 0 Å². The standard InChI is InChI=1S/C15H14N2O3/c18-13-9-17(10-14(19)20-13)8-6-12-4-1-3-11-5-2-7-16-15(11)12/h1-5,7H,6,8-10H2. The van der Waals surface area contributed by atoms with E-state index in [4.69, 9.17) is 0 Å². The van der Waals surface area contributed by atoms with Gasteiger partial charge in [-0.05, 0) is 18.1 Å². The zero-order valence-corrected chi connectivity index (χ0v) is 10.9. The lowest BCUT2D eigenvalue weighted by Crippen LogP contribution is -2.43. The maximum absolute atomic E-state index is 11.2. The molecule has 0 aliphatic carbocycles. The number of benzene rings is 1. The fourth-order valence-electron chi connectivity index (χ4n) is 2.42. The van der Waals surface area contributed by atoms with Crippen LogP contribution in [0.5, 0.6) is 0 Å². The maximum atomic E-state index is 11.2. The third kappa shape index (κ3) is 2.67. The molecule has 1 aromatic heterocycles. The third-order valence-corrected chi connectivity index (χ3v) is 3.35. The predicted octanol–water partition coefficient (Wildman–Crippen LogP) is 1.16. The summed E-state index contributed by atoms with van der Waals surface area (Å²) in [5, 5.41) is 1.10. The molecule has 5 heteroatoms. The molecule has 0 spiro atoms. The average molecular weight is 270 g/mol. The zero-order valence-electron chi connectivity index (χ0n) is 10.9. The summed E-state index contributed by atoms with van der Waals surface area (Å²) in [5.74, 6) is -0.949. The number of carbonyl (C=O) groups is 2. The summed E-state index contributed by atoms with van der Waals surface area (Å²) in [6, 6.07) is 9.97. The Morgan fingerprint density at radius 1 is 1.10 bits per heavy atom. The molecule has 3 rings (SSSR count). The van der Waals surface area contributed by atoms with Crippen LogP contribution in [0.3, 0.4) is 0 Å². The van der Waals surface area contributed by atoms with Crippen molar-refractivity contribution in [3.05, 3.63) is 42.1 Å². The van der Waals surface area contributed by atoms with Crippen molar-refractivity contribution >= 4 is 22.8 Å². The van der Waals surface area contributed by atoms with Crippen molar-refractivity contribution in [3.63, 3.8) is 0 Å². The Hall–Kier alpha value is -2.27. The summed E-state index contributed by atoms with van der Waals surface area (Å²) < 4.78 is 4.51. The molecule has 0 N–H and O–H groups in total. The highest BCUT2D eigenvalue weighted by Gasteiger charge is 2.24. The van der Waals surface area contributed by atoms with Crippen molar-refractivity contribution in [1.29, 1.82) is 0 Å². The molecule has 0 unspecified atom stereocenters. The molecule has 0 atom stereocenters. The Kier molecular flexibility index (Phi) is 3.43. The number of ether oxygens (including phenoxy) is 1. The highest BCUT2D eigenvalue weighted by molar-refractivity contribution is 5.90. The van der Waals surface area contributed by atoms with E-state index in [0.29, 0.717) is 6.54 Å². The fraction of sp³-hybridized carbons (Fsp3) is 0.267. The average Bonchev–Trinajstić information content (AvgIpc) is 2.44. The van der Waals surface area contributed by atoms with E-state index in [-0.39, 0.29) is 13.1 Å². The van der Waals surface area contributed by atoms with Gasteiger partial charge in [-0.15, -0.1) is 0 Å². The molecule has 1 fully saturated rings. The Bertz CT molecular complexity index is 648. The molecular weight excluding hydrogens is 256 g/mol. The van der Waals surface area contributed by atoms with Gasteiger partial charge in [-0.1, -0.05) is 24.3 Å². The predicted molar refractivity (Wildman–Crippen MR) is 73.0 cm³/mol. The lowest BCUT2D eigenvalue weighted by molar-refractivity contribution is -0.166. The van der Waals surface area contributed by atoms with Gasteiger partial charge in [0, 0.05) is 18.1 Å². The van der Waals surface area contributed by atoms with Crippen LogP contribution in [0.15, 0.2) is 36.5 Å². The largest absolute Gasteiger partial charge is 0.391 e. The normalized spacial score (nSPS) is 16.4. The summed E-state index contributed by atoms with van der Waals surface area (Å²) >= 11 is 0. The highest BCUT2D eigenvalue weighted by Crippen LogP contribution is 2.16. The van der Waals surface area contributed by atoms with Gasteiger partial charge < -0.3 is 4.74 Å². The molecule has 0 radical (unpaired) electrons. The minimum Gasteiger partial charge on any atom is -0.391 e. The summed E-state index contributed by atoms with van der Waals surface area (Å²) in [4.78, 5) is 28.6. The second-order valence-electron chi connectivity index (χ2n) is 4.80. The van der Waals surface area contributed by atoms with Gasteiger partial charge in [0.1, 0.15) is 0 Å². The molecule has 1 aromatic carbocycles. The molecular formula is C15H14N2O3. The van der Waals surface area contributed by atoms with E-state index < -0.39 is 11.9 Å². The topological polar surface area (TPSA) is 59.5 Å². The van der Waals surface area contributed by atoms with Gasteiger partial charge >= 0.3 is 11.9 Å². The number of fused-ring (bicyclic) bond motifs is 1. The molecule has 0 amide bonds. The fourth-order valence-corrected chi connectivity index (χ4v) is 2.42. The number of rotatable bonds is 3. The molecule has 2 aromatic rings. The molecule has 0 bridgehead atoms. The van der Waals surface area contributed by atoms with E-state index in [0.717, 1.165) is 22.9 Å². The number of nitrogens with zero attached hydrogens (tertiary/aromatic N) is 2. The first-order chi connectivity index (χ1) is 9.72. The van der Waals surface area contributed by atoms with Crippen LogP contribution in [0.1, 0.15) is 5.56 Å². The van der Waals surface area contributed by atoms with E-state index in [1.54, 1.807) is 11.1 Å². The molecule has 102 valence electrons. The number of esters is 2. The van der Waals surface area contributed by atoms with E-state index in [9.17, 15) is 9.59 Å². The van der Waals surface area contributed by atoms with Crippen LogP contribution in [0.25, 0.3) is 10.9 Å². The Morgan fingerprint density at radius 3 is 2.65 bits per heavy atom. The monoisotopic (exact) mass is 270 g/mol. The van der Waals surface area contributed by atoms with Crippen molar-refractivity contribution in [2.45, 2.75) is 6.42 Å². The van der Waals surface area contributed by atoms with Crippen LogP contribution in [0, 0.1) is 0 Å². The van der Waals surface area contributed by atoms with Crippen LogP contribution in [0.2, 0.25) is 0 Å². The molecule has 1 aliphatic rings. The number of hydrogen-bond donors (Lipinski definition) is 0. The lowest BCUT2D eigenvalue weighted by Gasteiger charge is -2.24. The quantitative estimate of drug-likeness (QED) is 0.619. The van der Waals surface area contributed by atoms with Crippen molar-refractivity contribution in [3.8, 4) is 0 Å². The van der Waals surface area contributed by atoms with Gasteiger partial charge in [-0.2, -0.15) is 0 Å². The lowest BCUT2D eigenvalue weighted by atomic mass is 10.1. The van der Waals surface area contributed by atoms with Crippen molar-refractivity contribution in [1.82, 2.24) is 9.88 Å². The molecule has 2 heterocycles. The molecule has 5 nitrogen and oxygen atoms in total. The second kappa shape index (κ2) is 5.38. The SMILES string of the molecule is O=C1CN(CCc2cccc3cccnc23)CC(=O)O1.